The number of esters is 1. The van der Waals surface area contributed by atoms with E-state index >= 15 is 0 Å². The number of hydrogen-bond acceptors (Lipinski definition) is 7. The highest BCUT2D eigenvalue weighted by Crippen LogP contribution is 2.27. The topological polar surface area (TPSA) is 136 Å². The van der Waals surface area contributed by atoms with Gasteiger partial charge in [0.05, 0.1) is 22.5 Å². The molecule has 172 valence electrons. The zero-order valence-corrected chi connectivity index (χ0v) is 19.3. The molecular formula is C21H25N3O7S. The van der Waals surface area contributed by atoms with Gasteiger partial charge in [0.25, 0.3) is 11.6 Å². The molecule has 2 aromatic carbocycles. The molecule has 0 spiro atoms. The standard InChI is InChI=1S/C21H25N3O7S/c1-6-23(7-2)32(29,30)18-8-13(3)14(4)19(12-18)22-20(25)15-9-16(21(26)31-5)11-17(10-15)24(27)28/h8-12H,6-7H2,1-5H3,(H,22,25). The number of nitrogens with zero attached hydrogens (tertiary/aromatic N) is 2. The van der Waals surface area contributed by atoms with E-state index < -0.39 is 32.5 Å². The molecule has 0 heterocycles. The fourth-order valence-corrected chi connectivity index (χ4v) is 4.67. The predicted octanol–water partition coefficient (Wildman–Crippen LogP) is 3.28. The maximum Gasteiger partial charge on any atom is 0.338 e. The van der Waals surface area contributed by atoms with E-state index in [0.717, 1.165) is 19.2 Å². The number of nitro groups is 1. The summed E-state index contributed by atoms with van der Waals surface area (Å²) in [6.45, 7) is 7.47. The molecule has 0 radical (unpaired) electrons. The molecule has 0 aliphatic rings. The summed E-state index contributed by atoms with van der Waals surface area (Å²) >= 11 is 0. The Morgan fingerprint density at radius 3 is 2.19 bits per heavy atom. The fraction of sp³-hybridized carbons (Fsp3) is 0.333. The van der Waals surface area contributed by atoms with Crippen LogP contribution in [0.2, 0.25) is 0 Å². The minimum absolute atomic E-state index is 0.0221. The van der Waals surface area contributed by atoms with Gasteiger partial charge in [0.15, 0.2) is 0 Å². The number of ether oxygens (including phenoxy) is 1. The van der Waals surface area contributed by atoms with Crippen molar-refractivity contribution in [3.63, 3.8) is 0 Å². The third-order valence-electron chi connectivity index (χ3n) is 5.04. The highest BCUT2D eigenvalue weighted by Gasteiger charge is 2.24. The Morgan fingerprint density at radius 2 is 1.66 bits per heavy atom. The van der Waals surface area contributed by atoms with Gasteiger partial charge in [0, 0.05) is 36.5 Å². The van der Waals surface area contributed by atoms with Gasteiger partial charge in [-0.2, -0.15) is 4.31 Å². The molecule has 1 amide bonds. The maximum absolute atomic E-state index is 12.9. The van der Waals surface area contributed by atoms with Gasteiger partial charge in [-0.25, -0.2) is 13.2 Å². The number of amides is 1. The van der Waals surface area contributed by atoms with Gasteiger partial charge in [-0.05, 0) is 43.2 Å². The summed E-state index contributed by atoms with van der Waals surface area (Å²) in [6.07, 6.45) is 0. The molecule has 1 N–H and O–H groups in total. The first-order valence-electron chi connectivity index (χ1n) is 9.76. The Hall–Kier alpha value is -3.31. The molecule has 2 aromatic rings. The molecular weight excluding hydrogens is 438 g/mol. The summed E-state index contributed by atoms with van der Waals surface area (Å²) in [4.78, 5) is 35.2. The van der Waals surface area contributed by atoms with E-state index in [2.05, 4.69) is 10.1 Å². The molecule has 0 fully saturated rings. The molecule has 0 aliphatic heterocycles. The van der Waals surface area contributed by atoms with Gasteiger partial charge < -0.3 is 10.1 Å². The number of methoxy groups -OCH3 is 1. The van der Waals surface area contributed by atoms with Gasteiger partial charge in [-0.15, -0.1) is 0 Å². The van der Waals surface area contributed by atoms with Gasteiger partial charge in [-0.3, -0.25) is 14.9 Å². The van der Waals surface area contributed by atoms with E-state index in [0.29, 0.717) is 11.1 Å². The van der Waals surface area contributed by atoms with E-state index in [1.54, 1.807) is 27.7 Å². The fourth-order valence-electron chi connectivity index (χ4n) is 3.10. The Balaban J connectivity index is 2.52. The minimum Gasteiger partial charge on any atom is -0.465 e. The first-order valence-corrected chi connectivity index (χ1v) is 11.2. The Labute approximate surface area is 186 Å². The van der Waals surface area contributed by atoms with Crippen LogP contribution in [0.5, 0.6) is 0 Å². The summed E-state index contributed by atoms with van der Waals surface area (Å²) < 4.78 is 31.7. The molecule has 0 atom stereocenters. The lowest BCUT2D eigenvalue weighted by Crippen LogP contribution is -2.30. The Kier molecular flexibility index (Phi) is 7.70. The number of carbonyl (C=O) groups is 2. The molecule has 10 nitrogen and oxygen atoms in total. The van der Waals surface area contributed by atoms with Crippen molar-refractivity contribution in [1.82, 2.24) is 4.31 Å². The van der Waals surface area contributed by atoms with E-state index in [9.17, 15) is 28.1 Å². The Bertz CT molecular complexity index is 1170. The van der Waals surface area contributed by atoms with Crippen molar-refractivity contribution in [2.24, 2.45) is 0 Å². The van der Waals surface area contributed by atoms with Gasteiger partial charge in [-0.1, -0.05) is 13.8 Å². The van der Waals surface area contributed by atoms with Crippen molar-refractivity contribution in [2.75, 3.05) is 25.5 Å². The van der Waals surface area contributed by atoms with Crippen LogP contribution >= 0.6 is 0 Å². The van der Waals surface area contributed by atoms with Crippen LogP contribution in [0, 0.1) is 24.0 Å². The number of rotatable bonds is 8. The second kappa shape index (κ2) is 9.88. The van der Waals surface area contributed by atoms with Crippen LogP contribution in [0.1, 0.15) is 45.7 Å². The minimum atomic E-state index is -3.77. The number of carbonyl (C=O) groups excluding carboxylic acids is 2. The van der Waals surface area contributed by atoms with Crippen LogP contribution in [-0.4, -0.2) is 49.7 Å². The molecule has 0 aromatic heterocycles. The molecule has 0 saturated heterocycles. The largest absolute Gasteiger partial charge is 0.465 e. The predicted molar refractivity (Wildman–Crippen MR) is 118 cm³/mol. The zero-order chi connectivity index (χ0) is 24.2. The molecule has 2 rings (SSSR count). The first-order chi connectivity index (χ1) is 15.0. The van der Waals surface area contributed by atoms with E-state index in [4.69, 9.17) is 0 Å². The number of sulfonamides is 1. The second-order valence-corrected chi connectivity index (χ2v) is 8.91. The monoisotopic (exact) mass is 463 g/mol. The lowest BCUT2D eigenvalue weighted by atomic mass is 10.1. The number of hydrogen-bond donors (Lipinski definition) is 1. The van der Waals surface area contributed by atoms with Crippen LogP contribution in [0.15, 0.2) is 35.2 Å². The summed E-state index contributed by atoms with van der Waals surface area (Å²) in [6, 6.07) is 6.09. The van der Waals surface area contributed by atoms with E-state index in [-0.39, 0.29) is 34.8 Å². The highest BCUT2D eigenvalue weighted by atomic mass is 32.2. The van der Waals surface area contributed by atoms with Crippen molar-refractivity contribution in [2.45, 2.75) is 32.6 Å². The maximum atomic E-state index is 12.9. The van der Waals surface area contributed by atoms with Gasteiger partial charge in [0.1, 0.15) is 0 Å². The number of nitro benzene ring substituents is 1. The van der Waals surface area contributed by atoms with Gasteiger partial charge >= 0.3 is 5.97 Å². The molecule has 32 heavy (non-hydrogen) atoms. The summed E-state index contributed by atoms with van der Waals surface area (Å²) in [5.74, 6) is -1.57. The highest BCUT2D eigenvalue weighted by molar-refractivity contribution is 7.89. The van der Waals surface area contributed by atoms with Crippen LogP contribution in [0.25, 0.3) is 0 Å². The normalized spacial score (nSPS) is 11.3. The summed E-state index contributed by atoms with van der Waals surface area (Å²) in [7, 11) is -2.65. The van der Waals surface area contributed by atoms with Crippen LogP contribution in [0.3, 0.4) is 0 Å². The van der Waals surface area contributed by atoms with E-state index in [1.807, 2.05) is 0 Å². The molecule has 0 bridgehead atoms. The summed E-state index contributed by atoms with van der Waals surface area (Å²) in [5, 5.41) is 13.8. The van der Waals surface area contributed by atoms with Crippen molar-refractivity contribution >= 4 is 33.3 Å². The van der Waals surface area contributed by atoms with E-state index in [1.165, 1.54) is 22.5 Å². The smallest absolute Gasteiger partial charge is 0.338 e. The average molecular weight is 464 g/mol. The quantitative estimate of drug-likeness (QED) is 0.360. The van der Waals surface area contributed by atoms with Crippen molar-refractivity contribution in [3.8, 4) is 0 Å². The third-order valence-corrected chi connectivity index (χ3v) is 7.07. The summed E-state index contributed by atoms with van der Waals surface area (Å²) in [5.41, 5.74) is 0.764. The van der Waals surface area contributed by atoms with Gasteiger partial charge in [0.2, 0.25) is 10.0 Å². The average Bonchev–Trinajstić information content (AvgIpc) is 2.76. The zero-order valence-electron chi connectivity index (χ0n) is 18.5. The molecule has 0 aliphatic carbocycles. The lowest BCUT2D eigenvalue weighted by molar-refractivity contribution is -0.384. The number of aryl methyl sites for hydroxylation is 1. The van der Waals surface area contributed by atoms with Crippen molar-refractivity contribution in [3.05, 3.63) is 62.7 Å². The number of anilines is 1. The second-order valence-electron chi connectivity index (χ2n) is 6.97. The van der Waals surface area contributed by atoms with Crippen molar-refractivity contribution < 1.29 is 27.7 Å². The number of benzene rings is 2. The first kappa shape index (κ1) is 25.0. The lowest BCUT2D eigenvalue weighted by Gasteiger charge is -2.20. The Morgan fingerprint density at radius 1 is 1.06 bits per heavy atom. The SMILES string of the molecule is CCN(CC)S(=O)(=O)c1cc(C)c(C)c(NC(=O)c2cc(C(=O)OC)cc([N+](=O)[O-])c2)c1. The van der Waals surface area contributed by atoms with Crippen LogP contribution in [-0.2, 0) is 14.8 Å². The molecule has 0 unspecified atom stereocenters. The van der Waals surface area contributed by atoms with Crippen molar-refractivity contribution in [1.29, 1.82) is 0 Å². The molecule has 11 heteroatoms. The molecule has 0 saturated carbocycles. The third kappa shape index (κ3) is 5.11. The van der Waals surface area contributed by atoms with Crippen LogP contribution < -0.4 is 5.32 Å². The number of non-ortho nitro benzene ring substituents is 1. The van der Waals surface area contributed by atoms with Crippen LogP contribution in [0.4, 0.5) is 11.4 Å². The number of nitrogens with one attached hydrogen (secondary N) is 1.